The molecular weight excluding hydrogens is 284 g/mol. The molecule has 9 nitrogen and oxygen atoms in total. The van der Waals surface area contributed by atoms with Crippen LogP contribution in [0.2, 0.25) is 0 Å². The van der Waals surface area contributed by atoms with Gasteiger partial charge in [0.1, 0.15) is 18.3 Å². The van der Waals surface area contributed by atoms with Crippen LogP contribution in [-0.4, -0.2) is 90.1 Å². The van der Waals surface area contributed by atoms with E-state index in [0.717, 1.165) is 0 Å². The van der Waals surface area contributed by atoms with Crippen LogP contribution in [-0.2, 0) is 14.3 Å². The minimum Gasteiger partial charge on any atom is -0.394 e. The lowest BCUT2D eigenvalue weighted by Gasteiger charge is -2.25. The Morgan fingerprint density at radius 1 is 1.14 bits per heavy atom. The lowest BCUT2D eigenvalue weighted by molar-refractivity contribution is -0.130. The highest BCUT2D eigenvalue weighted by Gasteiger charge is 2.32. The summed E-state index contributed by atoms with van der Waals surface area (Å²) < 4.78 is 17.6. The Morgan fingerprint density at radius 3 is 2.33 bits per heavy atom. The van der Waals surface area contributed by atoms with Crippen LogP contribution in [0.4, 0.5) is 0 Å². The summed E-state index contributed by atoms with van der Waals surface area (Å²) in [5.41, 5.74) is 10.7. The van der Waals surface area contributed by atoms with Gasteiger partial charge in [0, 0.05) is 13.0 Å². The summed E-state index contributed by atoms with van der Waals surface area (Å²) in [4.78, 5) is 11.8. The average Bonchev–Trinajstić information content (AvgIpc) is 2.51. The molecule has 0 aromatic heterocycles. The minimum atomic E-state index is -1.77. The molecule has 8 N–H and O–H groups in total. The number of ketones is 1. The third kappa shape index (κ3) is 8.39. The van der Waals surface area contributed by atoms with Crippen LogP contribution in [0.25, 0.3) is 0 Å². The number of hydrogen-bond donors (Lipinski definition) is 6. The van der Waals surface area contributed by atoms with Gasteiger partial charge in [-0.3, -0.25) is 4.79 Å². The number of rotatable bonds is 13. The molecule has 0 aliphatic heterocycles. The quantitative estimate of drug-likeness (QED) is 0.188. The van der Waals surface area contributed by atoms with E-state index >= 15 is 0 Å². The normalized spacial score (nSPS) is 19.4. The zero-order valence-corrected chi connectivity index (χ0v) is 11.8. The van der Waals surface area contributed by atoms with Crippen molar-refractivity contribution < 1.29 is 36.1 Å². The van der Waals surface area contributed by atoms with Crippen LogP contribution in [0.5, 0.6) is 0 Å². The molecule has 0 heterocycles. The summed E-state index contributed by atoms with van der Waals surface area (Å²) in [7, 11) is 0. The zero-order chi connectivity index (χ0) is 17.1. The van der Waals surface area contributed by atoms with Gasteiger partial charge >= 0.3 is 0 Å². The van der Waals surface area contributed by atoms with Gasteiger partial charge in [-0.15, -0.1) is 0 Å². The Labute approximate surface area is 124 Å². The monoisotopic (exact) mass is 311 g/mol. The summed E-state index contributed by atoms with van der Waals surface area (Å²) >= 11 is 0. The third-order valence-electron chi connectivity index (χ3n) is 2.68. The molecule has 0 bridgehead atoms. The standard InChI is InChI=1S/C12H26N2O7/c13-2-4-21-6-5-20-3-1-8(16)10(14)12(19)11(18)9(17)7-15/h9-12,15,17-19H,1-7,13-14H2/t9-,10+,11+,12-/m1/s1/i3D/t3?,9-,10+,11+,12-. The summed E-state index contributed by atoms with van der Waals surface area (Å²) in [6.07, 6.45) is -5.53. The average molecular weight is 311 g/mol. The number of aliphatic hydroxyl groups excluding tert-OH is 4. The van der Waals surface area contributed by atoms with Gasteiger partial charge in [-0.2, -0.15) is 0 Å². The highest BCUT2D eigenvalue weighted by molar-refractivity contribution is 5.84. The van der Waals surface area contributed by atoms with Gasteiger partial charge < -0.3 is 41.4 Å². The van der Waals surface area contributed by atoms with E-state index in [1.807, 2.05) is 0 Å². The lowest BCUT2D eigenvalue weighted by atomic mass is 9.97. The topological polar surface area (TPSA) is 168 Å². The van der Waals surface area contributed by atoms with Gasteiger partial charge in [-0.05, 0) is 0 Å². The lowest BCUT2D eigenvalue weighted by Crippen LogP contribution is -2.52. The second-order valence-electron chi connectivity index (χ2n) is 4.37. The number of Topliss-reactive ketones (excluding diaryl/α,β-unsaturated/α-hetero) is 1. The van der Waals surface area contributed by atoms with Gasteiger partial charge in [-0.1, -0.05) is 0 Å². The fraction of sp³-hybridized carbons (Fsp3) is 0.917. The van der Waals surface area contributed by atoms with E-state index in [0.29, 0.717) is 13.2 Å². The molecule has 21 heavy (non-hydrogen) atoms. The van der Waals surface area contributed by atoms with Crippen LogP contribution in [0.1, 0.15) is 7.79 Å². The Bertz CT molecular complexity index is 311. The maximum Gasteiger partial charge on any atom is 0.154 e. The number of nitrogens with two attached hydrogens (primary N) is 2. The van der Waals surface area contributed by atoms with E-state index in [1.165, 1.54) is 0 Å². The summed E-state index contributed by atoms with van der Waals surface area (Å²) in [5.74, 6) is -0.709. The molecule has 0 fully saturated rings. The van der Waals surface area contributed by atoms with Crippen LogP contribution in [0.15, 0.2) is 0 Å². The summed E-state index contributed by atoms with van der Waals surface area (Å²) in [5, 5.41) is 37.0. The van der Waals surface area contributed by atoms with Crippen molar-refractivity contribution in [2.45, 2.75) is 30.8 Å². The second-order valence-corrected chi connectivity index (χ2v) is 4.37. The largest absolute Gasteiger partial charge is 0.394 e. The predicted octanol–water partition coefficient (Wildman–Crippen LogP) is -3.66. The molecule has 0 amide bonds. The van der Waals surface area contributed by atoms with Crippen molar-refractivity contribution in [3.8, 4) is 0 Å². The predicted molar refractivity (Wildman–Crippen MR) is 73.4 cm³/mol. The molecule has 9 heteroatoms. The van der Waals surface area contributed by atoms with Gasteiger partial charge in [0.05, 0.1) is 40.4 Å². The Hall–Kier alpha value is -0.650. The van der Waals surface area contributed by atoms with E-state index < -0.39 is 49.7 Å². The number of carbonyl (C=O) groups is 1. The molecule has 0 aromatic rings. The summed E-state index contributed by atoms with van der Waals surface area (Å²) in [6, 6.07) is -1.50. The molecule has 0 aliphatic carbocycles. The van der Waals surface area contributed by atoms with Crippen molar-refractivity contribution in [1.29, 1.82) is 0 Å². The van der Waals surface area contributed by atoms with E-state index in [9.17, 15) is 20.1 Å². The van der Waals surface area contributed by atoms with Crippen LogP contribution >= 0.6 is 0 Å². The first-order valence-corrected chi connectivity index (χ1v) is 6.60. The molecule has 0 aliphatic rings. The maximum absolute atomic E-state index is 11.8. The third-order valence-corrected chi connectivity index (χ3v) is 2.68. The van der Waals surface area contributed by atoms with Crippen LogP contribution in [0, 0.1) is 0 Å². The first kappa shape index (κ1) is 18.4. The van der Waals surface area contributed by atoms with Crippen LogP contribution < -0.4 is 11.5 Å². The first-order chi connectivity index (χ1) is 10.3. The number of carbonyl (C=O) groups excluding carboxylic acids is 1. The van der Waals surface area contributed by atoms with Crippen molar-refractivity contribution in [1.82, 2.24) is 0 Å². The molecule has 126 valence electrons. The smallest absolute Gasteiger partial charge is 0.154 e. The second kappa shape index (κ2) is 12.0. The Balaban J connectivity index is 4.12. The first-order valence-electron chi connectivity index (χ1n) is 7.17. The number of aliphatic hydroxyl groups is 4. The molecule has 0 aromatic carbocycles. The molecule has 0 saturated carbocycles. The van der Waals surface area contributed by atoms with E-state index in [-0.39, 0.29) is 13.2 Å². The van der Waals surface area contributed by atoms with Crippen molar-refractivity contribution in [3.05, 3.63) is 0 Å². The highest BCUT2D eigenvalue weighted by Crippen LogP contribution is 2.06. The number of hydrogen-bond acceptors (Lipinski definition) is 9. The van der Waals surface area contributed by atoms with E-state index in [2.05, 4.69) is 0 Å². The fourth-order valence-electron chi connectivity index (χ4n) is 1.39. The fourth-order valence-corrected chi connectivity index (χ4v) is 1.39. The molecule has 5 atom stereocenters. The van der Waals surface area contributed by atoms with E-state index in [4.69, 9.17) is 27.4 Å². The Morgan fingerprint density at radius 2 is 1.76 bits per heavy atom. The van der Waals surface area contributed by atoms with Crippen molar-refractivity contribution >= 4 is 5.78 Å². The minimum absolute atomic E-state index is 0.102. The maximum atomic E-state index is 11.8. The van der Waals surface area contributed by atoms with Gasteiger partial charge in [-0.25, -0.2) is 0 Å². The molecule has 0 spiro atoms. The molecule has 0 saturated heterocycles. The summed E-state index contributed by atoms with van der Waals surface area (Å²) in [6.45, 7) is -0.897. The zero-order valence-electron chi connectivity index (χ0n) is 12.8. The van der Waals surface area contributed by atoms with Crippen molar-refractivity contribution in [2.75, 3.05) is 39.6 Å². The molecule has 0 radical (unpaired) electrons. The van der Waals surface area contributed by atoms with Gasteiger partial charge in [0.2, 0.25) is 0 Å². The van der Waals surface area contributed by atoms with Crippen molar-refractivity contribution in [2.24, 2.45) is 11.5 Å². The van der Waals surface area contributed by atoms with Crippen molar-refractivity contribution in [3.63, 3.8) is 0 Å². The molecular formula is C12H26N2O7. The molecule has 1 unspecified atom stereocenters. The van der Waals surface area contributed by atoms with Gasteiger partial charge in [0.25, 0.3) is 0 Å². The number of ether oxygens (including phenoxy) is 2. The Kier molecular flexibility index (Phi) is 10.5. The molecule has 0 rings (SSSR count). The van der Waals surface area contributed by atoms with E-state index in [1.54, 1.807) is 0 Å². The SMILES string of the molecule is [2H]C(CC(=O)[C@H](N)[C@@H](O)[C@@H](O)[C@H](O)CO)OCCOCCN. The van der Waals surface area contributed by atoms with Gasteiger partial charge in [0.15, 0.2) is 5.78 Å². The highest BCUT2D eigenvalue weighted by atomic mass is 16.5. The van der Waals surface area contributed by atoms with Crippen LogP contribution in [0.3, 0.4) is 0 Å².